The molecular formula is C17H13BrClN3. The molecule has 2 aromatic carbocycles. The Kier molecular flexibility index (Phi) is 3.43. The summed E-state index contributed by atoms with van der Waals surface area (Å²) >= 11 is 9.46. The summed E-state index contributed by atoms with van der Waals surface area (Å²) < 4.78 is 3.04. The van der Waals surface area contributed by atoms with Gasteiger partial charge in [0, 0.05) is 27.2 Å². The highest BCUT2D eigenvalue weighted by Gasteiger charge is 2.23. The van der Waals surface area contributed by atoms with Gasteiger partial charge in [-0.3, -0.25) is 0 Å². The molecule has 0 spiro atoms. The Bertz CT molecular complexity index is 754. The summed E-state index contributed by atoms with van der Waals surface area (Å²) in [6, 6.07) is 16.0. The zero-order valence-electron chi connectivity index (χ0n) is 11.7. The number of hydrogen-bond donors (Lipinski definition) is 1. The summed E-state index contributed by atoms with van der Waals surface area (Å²) in [6.07, 6.45) is 0.994. The first-order valence-corrected chi connectivity index (χ1v) is 8.27. The van der Waals surface area contributed by atoms with Gasteiger partial charge in [0.1, 0.15) is 5.82 Å². The number of fused-ring (bicyclic) bond motifs is 1. The molecule has 3 aromatic rings. The van der Waals surface area contributed by atoms with E-state index in [1.54, 1.807) is 0 Å². The van der Waals surface area contributed by atoms with Crippen molar-refractivity contribution in [3.05, 3.63) is 63.6 Å². The van der Waals surface area contributed by atoms with Crippen LogP contribution in [0.25, 0.3) is 16.9 Å². The van der Waals surface area contributed by atoms with Gasteiger partial charge in [0.2, 0.25) is 0 Å². The SMILES string of the molecule is Clc1ccc(-n2nc(-c3ccc(Br)cc3)c3c2NCC3)cc1. The molecule has 0 fully saturated rings. The van der Waals surface area contributed by atoms with E-state index >= 15 is 0 Å². The molecule has 0 atom stereocenters. The van der Waals surface area contributed by atoms with Gasteiger partial charge < -0.3 is 5.32 Å². The van der Waals surface area contributed by atoms with Crippen molar-refractivity contribution >= 4 is 33.3 Å². The maximum absolute atomic E-state index is 5.98. The Morgan fingerprint density at radius 2 is 1.77 bits per heavy atom. The quantitative estimate of drug-likeness (QED) is 0.690. The molecule has 0 aliphatic carbocycles. The molecule has 1 N–H and O–H groups in total. The van der Waals surface area contributed by atoms with E-state index in [-0.39, 0.29) is 0 Å². The Hall–Kier alpha value is -1.78. The number of halogens is 2. The minimum absolute atomic E-state index is 0.730. The van der Waals surface area contributed by atoms with E-state index in [1.807, 2.05) is 41.1 Å². The molecule has 0 saturated heterocycles. The van der Waals surface area contributed by atoms with Gasteiger partial charge in [0.15, 0.2) is 0 Å². The summed E-state index contributed by atoms with van der Waals surface area (Å²) in [5.74, 6) is 1.08. The smallest absolute Gasteiger partial charge is 0.133 e. The molecule has 3 nitrogen and oxygen atoms in total. The lowest BCUT2D eigenvalue weighted by Crippen LogP contribution is -2.04. The van der Waals surface area contributed by atoms with E-state index in [4.69, 9.17) is 16.7 Å². The van der Waals surface area contributed by atoms with Crippen LogP contribution in [0, 0.1) is 0 Å². The van der Waals surface area contributed by atoms with Gasteiger partial charge in [0.25, 0.3) is 0 Å². The van der Waals surface area contributed by atoms with Crippen molar-refractivity contribution in [2.45, 2.75) is 6.42 Å². The first-order chi connectivity index (χ1) is 10.7. The Morgan fingerprint density at radius 3 is 2.50 bits per heavy atom. The van der Waals surface area contributed by atoms with Crippen molar-refractivity contribution in [1.29, 1.82) is 0 Å². The molecule has 0 amide bonds. The predicted octanol–water partition coefficient (Wildman–Crippen LogP) is 4.92. The van der Waals surface area contributed by atoms with Crippen molar-refractivity contribution < 1.29 is 0 Å². The summed E-state index contributed by atoms with van der Waals surface area (Å²) in [4.78, 5) is 0. The van der Waals surface area contributed by atoms with E-state index in [0.29, 0.717) is 0 Å². The van der Waals surface area contributed by atoms with Crippen LogP contribution in [0.3, 0.4) is 0 Å². The van der Waals surface area contributed by atoms with Crippen molar-refractivity contribution in [2.75, 3.05) is 11.9 Å². The fourth-order valence-corrected chi connectivity index (χ4v) is 3.17. The van der Waals surface area contributed by atoms with E-state index in [9.17, 15) is 0 Å². The van der Waals surface area contributed by atoms with Crippen LogP contribution in [0.15, 0.2) is 53.0 Å². The van der Waals surface area contributed by atoms with Gasteiger partial charge >= 0.3 is 0 Å². The van der Waals surface area contributed by atoms with Crippen LogP contribution in [0.1, 0.15) is 5.56 Å². The van der Waals surface area contributed by atoms with Crippen LogP contribution in [-0.4, -0.2) is 16.3 Å². The van der Waals surface area contributed by atoms with Gasteiger partial charge in [0.05, 0.1) is 11.4 Å². The number of hydrogen-bond acceptors (Lipinski definition) is 2. The lowest BCUT2D eigenvalue weighted by Gasteiger charge is -2.06. The molecule has 1 aliphatic heterocycles. The molecule has 0 radical (unpaired) electrons. The summed E-state index contributed by atoms with van der Waals surface area (Å²) in [6.45, 7) is 0.949. The second kappa shape index (κ2) is 5.45. The number of anilines is 1. The molecule has 0 unspecified atom stereocenters. The Balaban J connectivity index is 1.86. The van der Waals surface area contributed by atoms with Gasteiger partial charge in [-0.15, -0.1) is 0 Å². The molecule has 0 saturated carbocycles. The molecule has 5 heteroatoms. The molecule has 0 bridgehead atoms. The van der Waals surface area contributed by atoms with Gasteiger partial charge in [-0.2, -0.15) is 5.10 Å². The van der Waals surface area contributed by atoms with Gasteiger partial charge in [-0.25, -0.2) is 4.68 Å². The maximum atomic E-state index is 5.98. The molecule has 1 aliphatic rings. The third kappa shape index (κ3) is 2.32. The normalized spacial score (nSPS) is 13.0. The molecule has 2 heterocycles. The molecule has 110 valence electrons. The second-order valence-electron chi connectivity index (χ2n) is 5.25. The van der Waals surface area contributed by atoms with Crippen molar-refractivity contribution in [3.63, 3.8) is 0 Å². The average Bonchev–Trinajstić information content (AvgIpc) is 3.12. The van der Waals surface area contributed by atoms with Crippen LogP contribution in [-0.2, 0) is 6.42 Å². The van der Waals surface area contributed by atoms with Crippen LogP contribution >= 0.6 is 27.5 Å². The molecule has 1 aromatic heterocycles. The minimum Gasteiger partial charge on any atom is -0.369 e. The summed E-state index contributed by atoms with van der Waals surface area (Å²) in [7, 11) is 0. The van der Waals surface area contributed by atoms with Crippen molar-refractivity contribution in [1.82, 2.24) is 9.78 Å². The van der Waals surface area contributed by atoms with Crippen LogP contribution in [0.4, 0.5) is 5.82 Å². The summed E-state index contributed by atoms with van der Waals surface area (Å²) in [5.41, 5.74) is 4.47. The average molecular weight is 375 g/mol. The van der Waals surface area contributed by atoms with Crippen LogP contribution < -0.4 is 5.32 Å². The Morgan fingerprint density at radius 1 is 1.05 bits per heavy atom. The highest BCUT2D eigenvalue weighted by atomic mass is 79.9. The van der Waals surface area contributed by atoms with E-state index in [0.717, 1.165) is 45.2 Å². The van der Waals surface area contributed by atoms with E-state index in [2.05, 4.69) is 33.4 Å². The maximum Gasteiger partial charge on any atom is 0.133 e. The zero-order chi connectivity index (χ0) is 15.1. The minimum atomic E-state index is 0.730. The number of nitrogens with zero attached hydrogens (tertiary/aromatic N) is 2. The highest BCUT2D eigenvalue weighted by Crippen LogP contribution is 2.35. The van der Waals surface area contributed by atoms with Gasteiger partial charge in [-0.1, -0.05) is 39.7 Å². The highest BCUT2D eigenvalue weighted by molar-refractivity contribution is 9.10. The first kappa shape index (κ1) is 13.9. The zero-order valence-corrected chi connectivity index (χ0v) is 14.0. The standard InChI is InChI=1S/C17H13BrClN3/c18-12-3-1-11(2-4-12)16-15-9-10-20-17(15)22(21-16)14-7-5-13(19)6-8-14/h1-8,20H,9-10H2. The fraction of sp³-hybridized carbons (Fsp3) is 0.118. The topological polar surface area (TPSA) is 29.9 Å². The van der Waals surface area contributed by atoms with E-state index < -0.39 is 0 Å². The lowest BCUT2D eigenvalue weighted by atomic mass is 10.1. The Labute approximate surface area is 142 Å². The molecular weight excluding hydrogens is 362 g/mol. The lowest BCUT2D eigenvalue weighted by molar-refractivity contribution is 0.882. The van der Waals surface area contributed by atoms with Gasteiger partial charge in [-0.05, 0) is 42.8 Å². The monoisotopic (exact) mass is 373 g/mol. The molecule has 22 heavy (non-hydrogen) atoms. The molecule has 4 rings (SSSR count). The van der Waals surface area contributed by atoms with E-state index in [1.165, 1.54) is 5.56 Å². The largest absolute Gasteiger partial charge is 0.369 e. The number of benzene rings is 2. The van der Waals surface area contributed by atoms with Crippen LogP contribution in [0.2, 0.25) is 5.02 Å². The van der Waals surface area contributed by atoms with Crippen molar-refractivity contribution in [2.24, 2.45) is 0 Å². The predicted molar refractivity (Wildman–Crippen MR) is 93.9 cm³/mol. The third-order valence-electron chi connectivity index (χ3n) is 3.84. The second-order valence-corrected chi connectivity index (χ2v) is 6.60. The first-order valence-electron chi connectivity index (χ1n) is 7.10. The third-order valence-corrected chi connectivity index (χ3v) is 4.62. The summed E-state index contributed by atoms with van der Waals surface area (Å²) in [5, 5.41) is 9.00. The fourth-order valence-electron chi connectivity index (χ4n) is 2.78. The number of nitrogens with one attached hydrogen (secondary N) is 1. The number of rotatable bonds is 2. The van der Waals surface area contributed by atoms with Crippen LogP contribution in [0.5, 0.6) is 0 Å². The van der Waals surface area contributed by atoms with Crippen molar-refractivity contribution in [3.8, 4) is 16.9 Å². The number of aromatic nitrogens is 2.